The maximum absolute atomic E-state index is 14.0. The second-order valence-corrected chi connectivity index (χ2v) is 7.00. The third-order valence-corrected chi connectivity index (χ3v) is 4.89. The van der Waals surface area contributed by atoms with E-state index in [1.807, 2.05) is 34.9 Å². The molecule has 1 heterocycles. The van der Waals surface area contributed by atoms with E-state index >= 15 is 0 Å². The van der Waals surface area contributed by atoms with Crippen molar-refractivity contribution in [1.82, 2.24) is 25.4 Å². The number of aliphatic imine (C=N–C) groups is 1. The fourth-order valence-corrected chi connectivity index (χ4v) is 3.12. The molecule has 3 rings (SSSR count). The van der Waals surface area contributed by atoms with Crippen LogP contribution in [0.1, 0.15) is 23.9 Å². The molecular formula is C23H30FIN6O. The van der Waals surface area contributed by atoms with E-state index in [0.29, 0.717) is 24.6 Å². The number of aromatic nitrogens is 3. The van der Waals surface area contributed by atoms with E-state index in [1.54, 1.807) is 25.6 Å². The number of halogens is 2. The minimum absolute atomic E-state index is 0. The van der Waals surface area contributed by atoms with Crippen LogP contribution in [0, 0.1) is 5.82 Å². The standard InChI is InChI=1S/C23H29FN6O.HI/c1-3-22-29-28-17-30(22)15-14-26-23(27-16-19-6-4-5-7-21(19)24)25-13-12-18-8-10-20(31-2)11-9-18;/h4-11,17H,3,12-16H2,1-2H3,(H2,25,26,27);1H. The predicted octanol–water partition coefficient (Wildman–Crippen LogP) is 3.58. The van der Waals surface area contributed by atoms with Crippen LogP contribution in [0.5, 0.6) is 5.75 Å². The van der Waals surface area contributed by atoms with Gasteiger partial charge in [0.1, 0.15) is 23.7 Å². The van der Waals surface area contributed by atoms with Gasteiger partial charge in [-0.3, -0.25) is 0 Å². The zero-order chi connectivity index (χ0) is 21.9. The van der Waals surface area contributed by atoms with Crippen molar-refractivity contribution in [1.29, 1.82) is 0 Å². The highest BCUT2D eigenvalue weighted by molar-refractivity contribution is 14.0. The van der Waals surface area contributed by atoms with Gasteiger partial charge >= 0.3 is 0 Å². The Hall–Kier alpha value is -2.69. The van der Waals surface area contributed by atoms with Crippen molar-refractivity contribution < 1.29 is 9.13 Å². The van der Waals surface area contributed by atoms with Crippen LogP contribution in [0.15, 0.2) is 59.9 Å². The summed E-state index contributed by atoms with van der Waals surface area (Å²) in [7, 11) is 1.66. The molecule has 3 aromatic rings. The largest absolute Gasteiger partial charge is 0.497 e. The zero-order valence-corrected chi connectivity index (χ0v) is 20.8. The number of benzene rings is 2. The molecule has 0 saturated carbocycles. The molecule has 0 saturated heterocycles. The summed E-state index contributed by atoms with van der Waals surface area (Å²) in [6.45, 7) is 4.38. The molecule has 7 nitrogen and oxygen atoms in total. The molecule has 0 radical (unpaired) electrons. The number of methoxy groups -OCH3 is 1. The fourth-order valence-electron chi connectivity index (χ4n) is 3.12. The summed E-state index contributed by atoms with van der Waals surface area (Å²) in [4.78, 5) is 4.57. The van der Waals surface area contributed by atoms with Crippen molar-refractivity contribution in [2.24, 2.45) is 4.99 Å². The van der Waals surface area contributed by atoms with E-state index in [-0.39, 0.29) is 36.3 Å². The minimum Gasteiger partial charge on any atom is -0.497 e. The molecule has 0 bridgehead atoms. The quantitative estimate of drug-likeness (QED) is 0.229. The molecule has 0 aliphatic carbocycles. The second-order valence-electron chi connectivity index (χ2n) is 7.00. The highest BCUT2D eigenvalue weighted by Crippen LogP contribution is 2.11. The highest BCUT2D eigenvalue weighted by Gasteiger charge is 2.05. The van der Waals surface area contributed by atoms with Crippen molar-refractivity contribution >= 4 is 29.9 Å². The Morgan fingerprint density at radius 3 is 2.56 bits per heavy atom. The van der Waals surface area contributed by atoms with E-state index in [4.69, 9.17) is 4.74 Å². The first kappa shape index (κ1) is 25.6. The van der Waals surface area contributed by atoms with Crippen LogP contribution in [0.2, 0.25) is 0 Å². The van der Waals surface area contributed by atoms with Crippen LogP contribution >= 0.6 is 24.0 Å². The van der Waals surface area contributed by atoms with E-state index in [2.05, 4.69) is 32.7 Å². The van der Waals surface area contributed by atoms with Crippen LogP contribution in [0.25, 0.3) is 0 Å². The van der Waals surface area contributed by atoms with Gasteiger partial charge < -0.3 is 19.9 Å². The lowest BCUT2D eigenvalue weighted by atomic mass is 10.1. The fraction of sp³-hybridized carbons (Fsp3) is 0.348. The number of hydrogen-bond donors (Lipinski definition) is 2. The number of aryl methyl sites for hydroxylation is 1. The first-order valence-electron chi connectivity index (χ1n) is 10.4. The average Bonchev–Trinajstić information content (AvgIpc) is 3.26. The summed E-state index contributed by atoms with van der Waals surface area (Å²) in [5.74, 6) is 2.17. The summed E-state index contributed by atoms with van der Waals surface area (Å²) in [6.07, 6.45) is 3.39. The third-order valence-electron chi connectivity index (χ3n) is 4.89. The first-order valence-corrected chi connectivity index (χ1v) is 10.4. The number of rotatable bonds is 10. The number of nitrogens with one attached hydrogen (secondary N) is 2. The predicted molar refractivity (Wildman–Crippen MR) is 135 cm³/mol. The topological polar surface area (TPSA) is 76.4 Å². The molecule has 172 valence electrons. The van der Waals surface area contributed by atoms with Gasteiger partial charge in [0.2, 0.25) is 0 Å². The lowest BCUT2D eigenvalue weighted by molar-refractivity contribution is 0.414. The maximum atomic E-state index is 14.0. The van der Waals surface area contributed by atoms with Gasteiger partial charge in [-0.05, 0) is 30.2 Å². The van der Waals surface area contributed by atoms with Gasteiger partial charge in [-0.25, -0.2) is 9.38 Å². The monoisotopic (exact) mass is 552 g/mol. The Bertz CT molecular complexity index is 977. The van der Waals surface area contributed by atoms with Crippen LogP contribution < -0.4 is 15.4 Å². The summed E-state index contributed by atoms with van der Waals surface area (Å²) in [5, 5.41) is 14.7. The third kappa shape index (κ3) is 7.77. The van der Waals surface area contributed by atoms with Gasteiger partial charge in [0.25, 0.3) is 0 Å². The first-order chi connectivity index (χ1) is 15.2. The minimum atomic E-state index is -0.249. The zero-order valence-electron chi connectivity index (χ0n) is 18.4. The molecule has 2 aromatic carbocycles. The number of ether oxygens (including phenoxy) is 1. The molecule has 9 heteroatoms. The normalized spacial score (nSPS) is 11.0. The van der Waals surface area contributed by atoms with Crippen LogP contribution in [0.4, 0.5) is 4.39 Å². The van der Waals surface area contributed by atoms with Crippen molar-refractivity contribution in [2.45, 2.75) is 32.9 Å². The number of hydrogen-bond acceptors (Lipinski definition) is 4. The Morgan fingerprint density at radius 1 is 1.09 bits per heavy atom. The summed E-state index contributed by atoms with van der Waals surface area (Å²) < 4.78 is 21.2. The van der Waals surface area contributed by atoms with Crippen LogP contribution in [-0.2, 0) is 25.9 Å². The average molecular weight is 552 g/mol. The van der Waals surface area contributed by atoms with Crippen molar-refractivity contribution in [3.63, 3.8) is 0 Å². The number of nitrogens with zero attached hydrogens (tertiary/aromatic N) is 4. The van der Waals surface area contributed by atoms with Crippen LogP contribution in [0.3, 0.4) is 0 Å². The van der Waals surface area contributed by atoms with E-state index in [0.717, 1.165) is 31.0 Å². The van der Waals surface area contributed by atoms with Gasteiger partial charge in [-0.2, -0.15) is 0 Å². The molecule has 0 aliphatic heterocycles. The second kappa shape index (κ2) is 13.7. The summed E-state index contributed by atoms with van der Waals surface area (Å²) in [5.41, 5.74) is 1.75. The molecule has 2 N–H and O–H groups in total. The molecule has 0 spiro atoms. The molecular weight excluding hydrogens is 522 g/mol. The van der Waals surface area contributed by atoms with Gasteiger partial charge in [0.05, 0.1) is 13.7 Å². The maximum Gasteiger partial charge on any atom is 0.191 e. The van der Waals surface area contributed by atoms with E-state index < -0.39 is 0 Å². The van der Waals surface area contributed by atoms with Crippen molar-refractivity contribution in [3.05, 3.63) is 77.6 Å². The molecule has 0 aliphatic rings. The Labute approximate surface area is 205 Å². The Kier molecular flexibility index (Phi) is 10.9. The Morgan fingerprint density at radius 2 is 1.84 bits per heavy atom. The lowest BCUT2D eigenvalue weighted by Gasteiger charge is -2.14. The van der Waals surface area contributed by atoms with Crippen molar-refractivity contribution in [2.75, 3.05) is 20.2 Å². The number of guanidine groups is 1. The summed E-state index contributed by atoms with van der Waals surface area (Å²) >= 11 is 0. The molecule has 1 aromatic heterocycles. The van der Waals surface area contributed by atoms with Crippen LogP contribution in [-0.4, -0.2) is 40.9 Å². The van der Waals surface area contributed by atoms with E-state index in [1.165, 1.54) is 11.6 Å². The molecule has 0 amide bonds. The van der Waals surface area contributed by atoms with Gasteiger partial charge in [0.15, 0.2) is 5.96 Å². The van der Waals surface area contributed by atoms with E-state index in [9.17, 15) is 4.39 Å². The van der Waals surface area contributed by atoms with Gasteiger partial charge in [0, 0.05) is 31.6 Å². The molecule has 32 heavy (non-hydrogen) atoms. The SMILES string of the molecule is CCc1nncn1CCNC(=NCc1ccccc1F)NCCc1ccc(OC)cc1.I. The van der Waals surface area contributed by atoms with Gasteiger partial charge in [-0.15, -0.1) is 34.2 Å². The molecule has 0 fully saturated rings. The van der Waals surface area contributed by atoms with Gasteiger partial charge in [-0.1, -0.05) is 37.3 Å². The Balaban J connectivity index is 0.00000363. The lowest BCUT2D eigenvalue weighted by Crippen LogP contribution is -2.40. The smallest absolute Gasteiger partial charge is 0.191 e. The highest BCUT2D eigenvalue weighted by atomic mass is 127. The molecule has 0 atom stereocenters. The molecule has 0 unspecified atom stereocenters. The summed E-state index contributed by atoms with van der Waals surface area (Å²) in [6, 6.07) is 14.7. The van der Waals surface area contributed by atoms with Crippen molar-refractivity contribution in [3.8, 4) is 5.75 Å².